The van der Waals surface area contributed by atoms with E-state index in [2.05, 4.69) is 30.2 Å². The van der Waals surface area contributed by atoms with Crippen molar-refractivity contribution < 1.29 is 4.74 Å². The highest BCUT2D eigenvalue weighted by molar-refractivity contribution is 5.56. The zero-order valence-corrected chi connectivity index (χ0v) is 11.9. The van der Waals surface area contributed by atoms with Crippen LogP contribution in [-0.4, -0.2) is 18.1 Å². The average Bonchev–Trinajstić information content (AvgIpc) is 2.27. The predicted octanol–water partition coefficient (Wildman–Crippen LogP) is 3.64. The molecule has 2 rings (SSSR count). The molecule has 0 aliphatic heterocycles. The Morgan fingerprint density at radius 2 is 1.89 bits per heavy atom. The average molecular weight is 248 g/mol. The monoisotopic (exact) mass is 248 g/mol. The van der Waals surface area contributed by atoms with E-state index in [1.165, 1.54) is 19.3 Å². The van der Waals surface area contributed by atoms with E-state index in [1.807, 2.05) is 6.92 Å². The molecule has 1 N–H and O–H groups in total. The van der Waals surface area contributed by atoms with Gasteiger partial charge in [0.15, 0.2) is 5.75 Å². The summed E-state index contributed by atoms with van der Waals surface area (Å²) < 4.78 is 5.37. The Balaban J connectivity index is 2.10. The van der Waals surface area contributed by atoms with Gasteiger partial charge in [0.1, 0.15) is 0 Å². The number of rotatable bonds is 3. The van der Waals surface area contributed by atoms with Gasteiger partial charge in [-0.15, -0.1) is 0 Å². The van der Waals surface area contributed by atoms with E-state index in [-0.39, 0.29) is 0 Å². The Hall–Kier alpha value is -1.25. The number of hydrogen-bond donors (Lipinski definition) is 1. The minimum absolute atomic E-state index is 0.555. The Labute approximate surface area is 110 Å². The zero-order valence-electron chi connectivity index (χ0n) is 11.9. The van der Waals surface area contributed by atoms with Gasteiger partial charge in [-0.05, 0) is 44.1 Å². The Morgan fingerprint density at radius 3 is 2.50 bits per heavy atom. The molecular weight excluding hydrogens is 224 g/mol. The number of pyridine rings is 1. The van der Waals surface area contributed by atoms with Gasteiger partial charge in [0.2, 0.25) is 0 Å². The number of methoxy groups -OCH3 is 1. The summed E-state index contributed by atoms with van der Waals surface area (Å²) in [5.74, 6) is 2.45. The quantitative estimate of drug-likeness (QED) is 0.887. The third-order valence-corrected chi connectivity index (χ3v) is 3.76. The first-order valence-electron chi connectivity index (χ1n) is 6.85. The summed E-state index contributed by atoms with van der Waals surface area (Å²) in [6.45, 7) is 6.70. The summed E-state index contributed by atoms with van der Waals surface area (Å²) in [5, 5.41) is 3.64. The molecule has 0 bridgehead atoms. The number of ether oxygens (including phenoxy) is 1. The van der Waals surface area contributed by atoms with Crippen LogP contribution in [0.4, 0.5) is 5.69 Å². The molecule has 1 aliphatic rings. The predicted molar refractivity (Wildman–Crippen MR) is 75.1 cm³/mol. The molecule has 0 aromatic carbocycles. The second kappa shape index (κ2) is 5.59. The molecule has 1 aliphatic carbocycles. The fourth-order valence-electron chi connectivity index (χ4n) is 3.11. The molecule has 1 aromatic rings. The van der Waals surface area contributed by atoms with Gasteiger partial charge >= 0.3 is 0 Å². The van der Waals surface area contributed by atoms with Gasteiger partial charge in [0.25, 0.3) is 0 Å². The number of aromatic nitrogens is 1. The minimum atomic E-state index is 0.555. The van der Waals surface area contributed by atoms with Gasteiger partial charge in [-0.2, -0.15) is 0 Å². The minimum Gasteiger partial charge on any atom is -0.493 e. The second-order valence-corrected chi connectivity index (χ2v) is 5.78. The summed E-state index contributed by atoms with van der Waals surface area (Å²) in [7, 11) is 1.70. The molecule has 1 saturated carbocycles. The van der Waals surface area contributed by atoms with E-state index in [4.69, 9.17) is 4.74 Å². The van der Waals surface area contributed by atoms with Crippen molar-refractivity contribution in [3.8, 4) is 5.75 Å². The molecular formula is C15H24N2O. The summed E-state index contributed by atoms with van der Waals surface area (Å²) in [6.07, 6.45) is 5.64. The number of aryl methyl sites for hydroxylation is 1. The lowest BCUT2D eigenvalue weighted by Gasteiger charge is -2.33. The molecule has 0 radical (unpaired) electrons. The van der Waals surface area contributed by atoms with Crippen LogP contribution < -0.4 is 10.1 Å². The Bertz CT molecular complexity index is 395. The van der Waals surface area contributed by atoms with Crippen LogP contribution >= 0.6 is 0 Å². The molecule has 2 atom stereocenters. The zero-order chi connectivity index (χ0) is 13.1. The molecule has 1 heterocycles. The van der Waals surface area contributed by atoms with Crippen LogP contribution in [0.25, 0.3) is 0 Å². The van der Waals surface area contributed by atoms with E-state index >= 15 is 0 Å². The van der Waals surface area contributed by atoms with Gasteiger partial charge in [-0.1, -0.05) is 13.8 Å². The third-order valence-electron chi connectivity index (χ3n) is 3.76. The third kappa shape index (κ3) is 3.15. The van der Waals surface area contributed by atoms with E-state index in [1.54, 1.807) is 13.3 Å². The summed E-state index contributed by atoms with van der Waals surface area (Å²) in [6, 6.07) is 2.63. The lowest BCUT2D eigenvalue weighted by atomic mass is 9.80. The molecule has 100 valence electrons. The van der Waals surface area contributed by atoms with Crippen LogP contribution in [0.3, 0.4) is 0 Å². The van der Waals surface area contributed by atoms with Gasteiger partial charge in [-0.25, -0.2) is 0 Å². The maximum atomic E-state index is 5.37. The van der Waals surface area contributed by atoms with Crippen LogP contribution in [0, 0.1) is 18.8 Å². The lowest BCUT2D eigenvalue weighted by molar-refractivity contribution is 0.280. The SMILES string of the molecule is COc1cnc(C)cc1NC1CC(C)CC(C)C1. The van der Waals surface area contributed by atoms with Crippen molar-refractivity contribution in [1.29, 1.82) is 0 Å². The molecule has 18 heavy (non-hydrogen) atoms. The fourth-order valence-corrected chi connectivity index (χ4v) is 3.11. The maximum absolute atomic E-state index is 5.37. The standard InChI is InChI=1S/C15H24N2O/c1-10-5-11(2)7-13(6-10)17-14-8-12(3)16-9-15(14)18-4/h8-11,13H,5-7H2,1-4H3,(H,16,17). The van der Waals surface area contributed by atoms with Crippen LogP contribution in [0.1, 0.15) is 38.8 Å². The molecule has 3 heteroatoms. The first-order chi connectivity index (χ1) is 8.58. The first-order valence-corrected chi connectivity index (χ1v) is 6.85. The summed E-state index contributed by atoms with van der Waals surface area (Å²) in [4.78, 5) is 4.27. The van der Waals surface area contributed by atoms with E-state index in [0.717, 1.165) is 29.0 Å². The largest absolute Gasteiger partial charge is 0.493 e. The van der Waals surface area contributed by atoms with E-state index < -0.39 is 0 Å². The summed E-state index contributed by atoms with van der Waals surface area (Å²) in [5.41, 5.74) is 2.10. The molecule has 1 fully saturated rings. The van der Waals surface area contributed by atoms with Crippen LogP contribution in [0.2, 0.25) is 0 Å². The lowest BCUT2D eigenvalue weighted by Crippen LogP contribution is -2.30. The highest BCUT2D eigenvalue weighted by Crippen LogP contribution is 2.32. The first kappa shape index (κ1) is 13.2. The normalized spacial score (nSPS) is 27.9. The number of nitrogens with zero attached hydrogens (tertiary/aromatic N) is 1. The van der Waals surface area contributed by atoms with Gasteiger partial charge in [0.05, 0.1) is 19.0 Å². The van der Waals surface area contributed by atoms with Crippen molar-refractivity contribution in [2.24, 2.45) is 11.8 Å². The van der Waals surface area contributed by atoms with Crippen LogP contribution in [-0.2, 0) is 0 Å². The van der Waals surface area contributed by atoms with Crippen LogP contribution in [0.5, 0.6) is 5.75 Å². The van der Waals surface area contributed by atoms with Crippen molar-refractivity contribution in [2.75, 3.05) is 12.4 Å². The Morgan fingerprint density at radius 1 is 1.22 bits per heavy atom. The smallest absolute Gasteiger partial charge is 0.160 e. The van der Waals surface area contributed by atoms with Crippen molar-refractivity contribution in [2.45, 2.75) is 46.1 Å². The van der Waals surface area contributed by atoms with Crippen molar-refractivity contribution in [3.63, 3.8) is 0 Å². The molecule has 3 nitrogen and oxygen atoms in total. The fraction of sp³-hybridized carbons (Fsp3) is 0.667. The number of hydrogen-bond acceptors (Lipinski definition) is 3. The topological polar surface area (TPSA) is 34.1 Å². The van der Waals surface area contributed by atoms with E-state index in [0.29, 0.717) is 6.04 Å². The Kier molecular flexibility index (Phi) is 4.10. The number of anilines is 1. The molecule has 2 unspecified atom stereocenters. The van der Waals surface area contributed by atoms with Gasteiger partial charge < -0.3 is 10.1 Å². The number of nitrogens with one attached hydrogen (secondary N) is 1. The van der Waals surface area contributed by atoms with Crippen molar-refractivity contribution in [3.05, 3.63) is 18.0 Å². The van der Waals surface area contributed by atoms with Gasteiger partial charge in [0, 0.05) is 11.7 Å². The molecule has 0 saturated heterocycles. The highest BCUT2D eigenvalue weighted by atomic mass is 16.5. The van der Waals surface area contributed by atoms with Crippen molar-refractivity contribution in [1.82, 2.24) is 4.98 Å². The van der Waals surface area contributed by atoms with Crippen LogP contribution in [0.15, 0.2) is 12.3 Å². The molecule has 0 amide bonds. The maximum Gasteiger partial charge on any atom is 0.160 e. The molecule has 0 spiro atoms. The summed E-state index contributed by atoms with van der Waals surface area (Å²) >= 11 is 0. The van der Waals surface area contributed by atoms with Gasteiger partial charge in [-0.3, -0.25) is 4.98 Å². The highest BCUT2D eigenvalue weighted by Gasteiger charge is 2.24. The molecule has 1 aromatic heterocycles. The second-order valence-electron chi connectivity index (χ2n) is 5.78. The van der Waals surface area contributed by atoms with Crippen molar-refractivity contribution >= 4 is 5.69 Å². The van der Waals surface area contributed by atoms with E-state index in [9.17, 15) is 0 Å².